The second-order valence-electron chi connectivity index (χ2n) is 4.62. The fraction of sp³-hybridized carbons (Fsp3) is 0.200. The molecule has 1 atom stereocenters. The summed E-state index contributed by atoms with van der Waals surface area (Å²) in [5.74, 6) is -0.182. The Balaban J connectivity index is 1.55. The zero-order valence-electron chi connectivity index (χ0n) is 10.9. The van der Waals surface area contributed by atoms with E-state index in [4.69, 9.17) is 4.84 Å². The van der Waals surface area contributed by atoms with E-state index in [1.54, 1.807) is 0 Å². The summed E-state index contributed by atoms with van der Waals surface area (Å²) in [7, 11) is 0. The highest BCUT2D eigenvalue weighted by Gasteiger charge is 2.26. The van der Waals surface area contributed by atoms with Crippen LogP contribution in [0, 0.1) is 0 Å². The third-order valence-corrected chi connectivity index (χ3v) is 3.20. The van der Waals surface area contributed by atoms with Crippen molar-refractivity contribution >= 4 is 11.6 Å². The van der Waals surface area contributed by atoms with E-state index in [1.165, 1.54) is 0 Å². The van der Waals surface area contributed by atoms with Gasteiger partial charge in [-0.1, -0.05) is 35.5 Å². The Bertz CT molecular complexity index is 605. The van der Waals surface area contributed by atoms with E-state index in [9.17, 15) is 4.79 Å². The molecule has 2 aromatic rings. The molecule has 0 saturated carbocycles. The Morgan fingerprint density at radius 3 is 2.90 bits per heavy atom. The van der Waals surface area contributed by atoms with Crippen LogP contribution in [0.15, 0.2) is 53.8 Å². The first-order valence-electron chi connectivity index (χ1n) is 6.51. The van der Waals surface area contributed by atoms with Crippen LogP contribution >= 0.6 is 0 Å². The highest BCUT2D eigenvalue weighted by molar-refractivity contribution is 6.39. The molecular weight excluding hydrogens is 254 g/mol. The number of rotatable bonds is 4. The van der Waals surface area contributed by atoms with Crippen molar-refractivity contribution in [1.82, 2.24) is 10.3 Å². The van der Waals surface area contributed by atoms with E-state index in [-0.39, 0.29) is 12.0 Å². The van der Waals surface area contributed by atoms with Crippen molar-refractivity contribution in [2.45, 2.75) is 19.1 Å². The van der Waals surface area contributed by atoms with Gasteiger partial charge in [0, 0.05) is 18.3 Å². The van der Waals surface area contributed by atoms with Crippen molar-refractivity contribution in [3.63, 3.8) is 0 Å². The third-order valence-electron chi connectivity index (χ3n) is 3.20. The predicted octanol–water partition coefficient (Wildman–Crippen LogP) is 2.15. The van der Waals surface area contributed by atoms with Crippen molar-refractivity contribution in [2.75, 3.05) is 0 Å². The monoisotopic (exact) mass is 269 g/mol. The van der Waals surface area contributed by atoms with Crippen LogP contribution in [0.25, 0.3) is 0 Å². The van der Waals surface area contributed by atoms with Crippen molar-refractivity contribution in [3.05, 3.63) is 59.9 Å². The van der Waals surface area contributed by atoms with Gasteiger partial charge in [0.15, 0.2) is 6.10 Å². The van der Waals surface area contributed by atoms with Crippen molar-refractivity contribution < 1.29 is 9.63 Å². The second-order valence-corrected chi connectivity index (χ2v) is 4.62. The fourth-order valence-corrected chi connectivity index (χ4v) is 2.11. The summed E-state index contributed by atoms with van der Waals surface area (Å²) in [6.45, 7) is 0.459. The van der Waals surface area contributed by atoms with E-state index in [1.807, 2.05) is 48.7 Å². The lowest BCUT2D eigenvalue weighted by Gasteiger charge is -2.07. The zero-order valence-corrected chi connectivity index (χ0v) is 10.9. The molecule has 1 aliphatic rings. The summed E-state index contributed by atoms with van der Waals surface area (Å²) in [6.07, 6.45) is 2.16. The van der Waals surface area contributed by atoms with E-state index in [0.717, 1.165) is 11.3 Å². The van der Waals surface area contributed by atoms with E-state index >= 15 is 0 Å². The molecule has 5 heteroatoms. The predicted molar refractivity (Wildman–Crippen MR) is 75.0 cm³/mol. The molecule has 0 radical (unpaired) electrons. The van der Waals surface area contributed by atoms with Crippen LogP contribution in [-0.4, -0.2) is 16.6 Å². The number of H-pyrrole nitrogens is 1. The van der Waals surface area contributed by atoms with Gasteiger partial charge in [0.05, 0.1) is 6.54 Å². The number of hydrogen-bond donors (Lipinski definition) is 2. The highest BCUT2D eigenvalue weighted by atomic mass is 16.6. The molecule has 0 saturated heterocycles. The minimum atomic E-state index is -0.182. The largest absolute Gasteiger partial charge is 0.387 e. The van der Waals surface area contributed by atoms with Gasteiger partial charge in [0.25, 0.3) is 5.91 Å². The number of nitrogens with zero attached hydrogens (tertiary/aromatic N) is 1. The Kier molecular flexibility index (Phi) is 3.50. The van der Waals surface area contributed by atoms with Gasteiger partial charge < -0.3 is 15.1 Å². The van der Waals surface area contributed by atoms with Crippen LogP contribution in [0.2, 0.25) is 0 Å². The summed E-state index contributed by atoms with van der Waals surface area (Å²) in [4.78, 5) is 20.3. The minimum absolute atomic E-state index is 0.164. The molecule has 0 aliphatic carbocycles. The lowest BCUT2D eigenvalue weighted by molar-refractivity contribution is -0.115. The SMILES string of the molecule is O=C(NCc1ccc[nH]1)C1=NO[C@H](c2ccccc2)C1. The van der Waals surface area contributed by atoms with Gasteiger partial charge in [-0.05, 0) is 17.7 Å². The molecule has 20 heavy (non-hydrogen) atoms. The Hall–Kier alpha value is -2.56. The molecule has 0 fully saturated rings. The third kappa shape index (κ3) is 2.71. The quantitative estimate of drug-likeness (QED) is 0.893. The van der Waals surface area contributed by atoms with Crippen molar-refractivity contribution in [2.24, 2.45) is 5.16 Å². The Morgan fingerprint density at radius 2 is 2.15 bits per heavy atom. The molecule has 1 amide bonds. The number of carbonyl (C=O) groups excluding carboxylic acids is 1. The molecule has 5 nitrogen and oxygen atoms in total. The molecule has 0 unspecified atom stereocenters. The maximum Gasteiger partial charge on any atom is 0.269 e. The van der Waals surface area contributed by atoms with E-state index in [0.29, 0.717) is 18.7 Å². The first-order chi connectivity index (χ1) is 9.83. The molecule has 0 spiro atoms. The molecule has 1 aromatic carbocycles. The Morgan fingerprint density at radius 1 is 1.30 bits per heavy atom. The number of amides is 1. The normalized spacial score (nSPS) is 17.4. The smallest absolute Gasteiger partial charge is 0.269 e. The number of aromatic nitrogens is 1. The average molecular weight is 269 g/mol. The Labute approximate surface area is 116 Å². The van der Waals surface area contributed by atoms with E-state index < -0.39 is 0 Å². The molecule has 102 valence electrons. The zero-order chi connectivity index (χ0) is 13.8. The number of benzene rings is 1. The molecule has 2 heterocycles. The first-order valence-corrected chi connectivity index (χ1v) is 6.51. The highest BCUT2D eigenvalue weighted by Crippen LogP contribution is 2.26. The molecule has 0 bridgehead atoms. The summed E-state index contributed by atoms with van der Waals surface area (Å²) >= 11 is 0. The van der Waals surface area contributed by atoms with Gasteiger partial charge in [0.1, 0.15) is 5.71 Å². The molecule has 2 N–H and O–H groups in total. The standard InChI is InChI=1S/C15H15N3O2/c19-15(17-10-12-7-4-8-16-12)13-9-14(20-18-13)11-5-2-1-3-6-11/h1-8,14,16H,9-10H2,(H,17,19)/t14-/m0/s1. The maximum absolute atomic E-state index is 12.0. The maximum atomic E-state index is 12.0. The number of carbonyl (C=O) groups is 1. The van der Waals surface area contributed by atoms with Crippen LogP contribution in [0.5, 0.6) is 0 Å². The van der Waals surface area contributed by atoms with E-state index in [2.05, 4.69) is 15.5 Å². The summed E-state index contributed by atoms with van der Waals surface area (Å²) < 4.78 is 0. The topological polar surface area (TPSA) is 66.5 Å². The summed E-state index contributed by atoms with van der Waals surface area (Å²) in [6, 6.07) is 13.6. The summed E-state index contributed by atoms with van der Waals surface area (Å²) in [5, 5.41) is 6.71. The van der Waals surface area contributed by atoms with Crippen LogP contribution in [0.1, 0.15) is 23.8 Å². The molecule has 3 rings (SSSR count). The van der Waals surface area contributed by atoms with Gasteiger partial charge in [-0.3, -0.25) is 4.79 Å². The van der Waals surface area contributed by atoms with Crippen LogP contribution in [0.3, 0.4) is 0 Å². The van der Waals surface area contributed by atoms with Gasteiger partial charge in [0.2, 0.25) is 0 Å². The fourth-order valence-electron chi connectivity index (χ4n) is 2.11. The van der Waals surface area contributed by atoms with Gasteiger partial charge in [-0.2, -0.15) is 0 Å². The van der Waals surface area contributed by atoms with Gasteiger partial charge in [-0.25, -0.2) is 0 Å². The average Bonchev–Trinajstić information content (AvgIpc) is 3.17. The number of nitrogens with one attached hydrogen (secondary N) is 2. The van der Waals surface area contributed by atoms with Crippen LogP contribution in [-0.2, 0) is 16.2 Å². The van der Waals surface area contributed by atoms with Gasteiger partial charge in [-0.15, -0.1) is 0 Å². The molecule has 1 aromatic heterocycles. The second kappa shape index (κ2) is 5.61. The van der Waals surface area contributed by atoms with Crippen LogP contribution < -0.4 is 5.32 Å². The molecular formula is C15H15N3O2. The number of hydrogen-bond acceptors (Lipinski definition) is 3. The lowest BCUT2D eigenvalue weighted by Crippen LogP contribution is -2.30. The molecule has 1 aliphatic heterocycles. The first kappa shape index (κ1) is 12.5. The van der Waals surface area contributed by atoms with Crippen molar-refractivity contribution in [3.8, 4) is 0 Å². The van der Waals surface area contributed by atoms with Crippen molar-refractivity contribution in [1.29, 1.82) is 0 Å². The number of aromatic amines is 1. The number of oxime groups is 1. The lowest BCUT2D eigenvalue weighted by atomic mass is 10.0. The minimum Gasteiger partial charge on any atom is -0.387 e. The van der Waals surface area contributed by atoms with Crippen LogP contribution in [0.4, 0.5) is 0 Å². The summed E-state index contributed by atoms with van der Waals surface area (Å²) in [5.41, 5.74) is 2.42. The van der Waals surface area contributed by atoms with Gasteiger partial charge >= 0.3 is 0 Å².